The molecule has 6 rings (SSSR count). The number of esters is 1. The second kappa shape index (κ2) is 14.5. The maximum atomic E-state index is 15.8. The van der Waals surface area contributed by atoms with Crippen LogP contribution in [0.1, 0.15) is 37.3 Å². The van der Waals surface area contributed by atoms with Gasteiger partial charge in [-0.25, -0.2) is 27.8 Å². The molecule has 0 bridgehead atoms. The van der Waals surface area contributed by atoms with E-state index in [-0.39, 0.29) is 41.8 Å². The number of alkyl halides is 8. The van der Waals surface area contributed by atoms with Gasteiger partial charge in [-0.3, -0.25) is 14.9 Å². The highest BCUT2D eigenvalue weighted by molar-refractivity contribution is 6.41. The molecular weight excluding hydrogens is 753 g/mol. The Labute approximate surface area is 308 Å². The van der Waals surface area contributed by atoms with Gasteiger partial charge in [-0.2, -0.15) is 26.3 Å². The summed E-state index contributed by atoms with van der Waals surface area (Å²) in [5.41, 5.74) is -0.592. The molecule has 1 aromatic carbocycles. The van der Waals surface area contributed by atoms with Crippen LogP contribution in [0.4, 0.5) is 44.3 Å². The first-order valence-electron chi connectivity index (χ1n) is 16.9. The Hall–Kier alpha value is -5.10. The molecule has 0 spiro atoms. The summed E-state index contributed by atoms with van der Waals surface area (Å²) in [6.45, 7) is 1.04. The number of nitrogens with zero attached hydrogens (tertiary/aromatic N) is 5. The second-order valence-electron chi connectivity index (χ2n) is 13.6. The number of hydrogen-bond donors (Lipinski definition) is 0. The van der Waals surface area contributed by atoms with Crippen LogP contribution >= 0.6 is 0 Å². The van der Waals surface area contributed by atoms with Crippen molar-refractivity contribution in [3.8, 4) is 5.75 Å². The fraction of sp³-hybridized carbons (Fsp3) is 0.472. The van der Waals surface area contributed by atoms with E-state index in [1.165, 1.54) is 38.2 Å². The third-order valence-corrected chi connectivity index (χ3v) is 9.91. The van der Waals surface area contributed by atoms with E-state index in [4.69, 9.17) is 14.2 Å². The Kier molecular flexibility index (Phi) is 10.5. The largest absolute Gasteiger partial charge is 0.496 e. The lowest BCUT2D eigenvalue weighted by atomic mass is 9.85. The van der Waals surface area contributed by atoms with Crippen molar-refractivity contribution in [1.82, 2.24) is 9.80 Å². The van der Waals surface area contributed by atoms with Crippen LogP contribution in [0.2, 0.25) is 0 Å². The number of carbonyl (C=O) groups is 2. The zero-order valence-corrected chi connectivity index (χ0v) is 29.7. The molecule has 55 heavy (non-hydrogen) atoms. The van der Waals surface area contributed by atoms with E-state index < -0.39 is 97.3 Å². The number of benzene rings is 1. The lowest BCUT2D eigenvalue weighted by molar-refractivity contribution is -0.166. The number of amides is 1. The van der Waals surface area contributed by atoms with Gasteiger partial charge in [-0.1, -0.05) is 12.2 Å². The Bertz CT molecular complexity index is 1990. The van der Waals surface area contributed by atoms with Crippen LogP contribution in [0.25, 0.3) is 5.57 Å². The number of guanidine groups is 1. The number of aliphatic imine (C=N–C) groups is 3. The number of cyclic esters (lactones) is 1. The van der Waals surface area contributed by atoms with Gasteiger partial charge in [0.15, 0.2) is 0 Å². The van der Waals surface area contributed by atoms with Crippen LogP contribution in [0.5, 0.6) is 5.75 Å². The lowest BCUT2D eigenvalue weighted by Crippen LogP contribution is -2.58. The van der Waals surface area contributed by atoms with Gasteiger partial charge in [-0.15, -0.1) is 0 Å². The molecule has 10 nitrogen and oxygen atoms in total. The predicted octanol–water partition coefficient (Wildman–Crippen LogP) is 6.84. The predicted molar refractivity (Wildman–Crippen MR) is 181 cm³/mol. The van der Waals surface area contributed by atoms with Crippen molar-refractivity contribution < 1.29 is 63.3 Å². The van der Waals surface area contributed by atoms with Gasteiger partial charge in [-0.05, 0) is 55.2 Å². The number of allylic oxidation sites excluding steroid dienone is 4. The molecule has 2 fully saturated rings. The molecule has 1 aromatic rings. The van der Waals surface area contributed by atoms with Crippen LogP contribution in [-0.2, 0) is 14.3 Å². The van der Waals surface area contributed by atoms with Crippen molar-refractivity contribution in [2.75, 3.05) is 46.9 Å². The number of ether oxygens (including phenoxy) is 3. The number of carbonyl (C=O) groups excluding carboxylic acids is 2. The molecule has 0 radical (unpaired) electrons. The first-order chi connectivity index (χ1) is 25.7. The molecule has 4 aliphatic heterocycles. The van der Waals surface area contributed by atoms with Gasteiger partial charge in [0.2, 0.25) is 5.96 Å². The fourth-order valence-corrected chi connectivity index (χ4v) is 7.03. The van der Waals surface area contributed by atoms with E-state index >= 15 is 4.39 Å². The van der Waals surface area contributed by atoms with Crippen LogP contribution in [0.3, 0.4) is 0 Å². The summed E-state index contributed by atoms with van der Waals surface area (Å²) in [5, 5.41) is 0. The lowest BCUT2D eigenvalue weighted by Gasteiger charge is -2.40. The summed E-state index contributed by atoms with van der Waals surface area (Å²) in [7, 11) is 2.47. The summed E-state index contributed by atoms with van der Waals surface area (Å²) in [6, 6.07) is 1.44. The summed E-state index contributed by atoms with van der Waals surface area (Å²) in [5.74, 6) is -7.87. The third-order valence-electron chi connectivity index (χ3n) is 9.91. The molecule has 1 amide bonds. The number of likely N-dealkylation sites (tertiary alicyclic amines) is 1. The Morgan fingerprint density at radius 3 is 2.40 bits per heavy atom. The Balaban J connectivity index is 1.37. The van der Waals surface area contributed by atoms with E-state index in [0.29, 0.717) is 28.9 Å². The van der Waals surface area contributed by atoms with Gasteiger partial charge >= 0.3 is 24.4 Å². The highest BCUT2D eigenvalue weighted by atomic mass is 19.4. The van der Waals surface area contributed by atoms with Gasteiger partial charge in [0.05, 0.1) is 64.6 Å². The molecule has 5 aliphatic rings. The van der Waals surface area contributed by atoms with Crippen molar-refractivity contribution >= 4 is 35.0 Å². The minimum atomic E-state index is -5.08. The average Bonchev–Trinajstić information content (AvgIpc) is 3.25. The number of hydrogen-bond acceptors (Lipinski definition) is 9. The van der Waals surface area contributed by atoms with Crippen molar-refractivity contribution in [2.24, 2.45) is 20.9 Å². The minimum Gasteiger partial charge on any atom is -0.496 e. The first-order valence-corrected chi connectivity index (χ1v) is 16.9. The first kappa shape index (κ1) is 39.6. The summed E-state index contributed by atoms with van der Waals surface area (Å²) in [4.78, 5) is 40.9. The molecule has 4 heterocycles. The molecule has 296 valence electrons. The number of rotatable bonds is 7. The van der Waals surface area contributed by atoms with Gasteiger partial charge in [0.1, 0.15) is 23.4 Å². The quantitative estimate of drug-likeness (QED) is 0.222. The van der Waals surface area contributed by atoms with Crippen molar-refractivity contribution in [3.63, 3.8) is 0 Å². The van der Waals surface area contributed by atoms with E-state index in [1.54, 1.807) is 13.0 Å². The van der Waals surface area contributed by atoms with E-state index in [2.05, 4.69) is 15.0 Å². The maximum Gasteiger partial charge on any atom is 0.412 e. The average molecular weight is 788 g/mol. The molecule has 4 atom stereocenters. The molecule has 1 aliphatic carbocycles. The zero-order chi connectivity index (χ0) is 40.2. The monoisotopic (exact) mass is 787 g/mol. The highest BCUT2D eigenvalue weighted by Gasteiger charge is 2.50. The SMILES string of the molecule is COC(=O)C1=NCC=C(c2cc(C3CN=C(N4CC(F)(F)C4)N=C3CN3C(=O)O[C@H](C4=CC(C(F)(F)F)CC(C(F)(F)F)=C4)[C@@H]3C)c(OC)cc2F)C(C)=C1. The normalized spacial score (nSPS) is 25.6. The molecule has 19 heteroatoms. The fourth-order valence-electron chi connectivity index (χ4n) is 7.03. The van der Waals surface area contributed by atoms with Crippen LogP contribution < -0.4 is 4.74 Å². The van der Waals surface area contributed by atoms with Gasteiger partial charge in [0, 0.05) is 28.7 Å². The number of halogens is 9. The van der Waals surface area contributed by atoms with Crippen LogP contribution in [-0.4, -0.2) is 117 Å². The van der Waals surface area contributed by atoms with Crippen LogP contribution in [0, 0.1) is 11.7 Å². The molecular formula is C36H34F9N5O5. The van der Waals surface area contributed by atoms with Gasteiger partial charge in [0.25, 0.3) is 5.92 Å². The highest BCUT2D eigenvalue weighted by Crippen LogP contribution is 2.44. The molecule has 2 unspecified atom stereocenters. The summed E-state index contributed by atoms with van der Waals surface area (Å²) < 4.78 is 142. The topological polar surface area (TPSA) is 105 Å². The van der Waals surface area contributed by atoms with E-state index in [0.717, 1.165) is 11.0 Å². The molecule has 0 N–H and O–H groups in total. The standard InChI is InChI=1S/C36H34F9N5O5/c1-17-7-27(31(51)54-4)46-6-5-22(17)23-11-24(29(53-3)12-26(23)37)25-13-47-32(49-15-34(38,39)16-49)48-28(25)14-50-18(2)30(55-33(50)52)19-8-20(35(40,41)42)10-21(9-19)36(43,44)45/h5,7-9,11-12,18,20,25,30H,6,10,13-16H2,1-4H3/t18-,20?,25?,30-/m0/s1. The summed E-state index contributed by atoms with van der Waals surface area (Å²) in [6.07, 6.45) is -9.84. The van der Waals surface area contributed by atoms with E-state index in [1.807, 2.05) is 0 Å². The summed E-state index contributed by atoms with van der Waals surface area (Å²) >= 11 is 0. The Morgan fingerprint density at radius 1 is 1.07 bits per heavy atom. The van der Waals surface area contributed by atoms with Crippen LogP contribution in [0.15, 0.2) is 68.1 Å². The smallest absolute Gasteiger partial charge is 0.412 e. The van der Waals surface area contributed by atoms with Crippen molar-refractivity contribution in [3.05, 3.63) is 70.1 Å². The number of methoxy groups -OCH3 is 2. The molecule has 0 saturated carbocycles. The third kappa shape index (κ3) is 8.01. The maximum absolute atomic E-state index is 15.8. The van der Waals surface area contributed by atoms with E-state index in [9.17, 15) is 44.7 Å². The van der Waals surface area contributed by atoms with Crippen molar-refractivity contribution in [2.45, 2.75) is 56.6 Å². The molecule has 0 aromatic heterocycles. The minimum absolute atomic E-state index is 0.00536. The van der Waals surface area contributed by atoms with Crippen molar-refractivity contribution in [1.29, 1.82) is 0 Å². The Morgan fingerprint density at radius 2 is 1.78 bits per heavy atom. The molecule has 2 saturated heterocycles. The van der Waals surface area contributed by atoms with Gasteiger partial charge < -0.3 is 19.1 Å². The zero-order valence-electron chi connectivity index (χ0n) is 29.7. The second-order valence-corrected chi connectivity index (χ2v) is 13.6.